The van der Waals surface area contributed by atoms with Gasteiger partial charge < -0.3 is 10.5 Å². The lowest BCUT2D eigenvalue weighted by atomic mass is 9.83. The molecule has 0 radical (unpaired) electrons. The van der Waals surface area contributed by atoms with Crippen molar-refractivity contribution in [1.29, 1.82) is 0 Å². The maximum Gasteiger partial charge on any atom is 0.412 e. The number of carbonyl (C=O) groups is 2. The van der Waals surface area contributed by atoms with Crippen molar-refractivity contribution in [2.45, 2.75) is 46.1 Å². The number of anilines is 1. The van der Waals surface area contributed by atoms with Crippen molar-refractivity contribution < 1.29 is 14.3 Å². The Morgan fingerprint density at radius 3 is 2.52 bits per heavy atom. The van der Waals surface area contributed by atoms with Crippen molar-refractivity contribution in [3.8, 4) is 0 Å². The van der Waals surface area contributed by atoms with Crippen LogP contribution >= 0.6 is 0 Å². The van der Waals surface area contributed by atoms with Crippen LogP contribution in [0.1, 0.15) is 51.7 Å². The van der Waals surface area contributed by atoms with Gasteiger partial charge in [0.25, 0.3) is 0 Å². The standard InChI is InChI=1S/C18H24N2O3/c1-5-18(6-2)14-9-12(13(11(3)4)10-16(19)21)7-8-15(14)20-17(22)23-18/h7-11H,5-6H2,1-4H3,(H2,19,21)(H,20,22). The number of nitrogens with one attached hydrogen (secondary N) is 1. The van der Waals surface area contributed by atoms with E-state index in [0.29, 0.717) is 12.8 Å². The molecule has 2 rings (SSSR count). The Balaban J connectivity index is 2.61. The van der Waals surface area contributed by atoms with E-state index in [1.807, 2.05) is 45.9 Å². The zero-order valence-electron chi connectivity index (χ0n) is 14.1. The SMILES string of the molecule is CCC1(CC)OC(=O)Nc2ccc(C(=CC(N)=O)C(C)C)cc21. The van der Waals surface area contributed by atoms with E-state index in [2.05, 4.69) is 5.32 Å². The fraction of sp³-hybridized carbons (Fsp3) is 0.444. The number of fused-ring (bicyclic) bond motifs is 1. The summed E-state index contributed by atoms with van der Waals surface area (Å²) in [4.78, 5) is 23.1. The van der Waals surface area contributed by atoms with Gasteiger partial charge in [0.2, 0.25) is 5.91 Å². The summed E-state index contributed by atoms with van der Waals surface area (Å²) in [6.45, 7) is 8.03. The maximum atomic E-state index is 11.8. The van der Waals surface area contributed by atoms with E-state index in [9.17, 15) is 9.59 Å². The van der Waals surface area contributed by atoms with Crippen molar-refractivity contribution in [2.75, 3.05) is 5.32 Å². The minimum atomic E-state index is -0.636. The normalized spacial score (nSPS) is 16.6. The smallest absolute Gasteiger partial charge is 0.412 e. The first-order valence-corrected chi connectivity index (χ1v) is 7.99. The Kier molecular flexibility index (Phi) is 4.78. The van der Waals surface area contributed by atoms with Gasteiger partial charge in [-0.1, -0.05) is 33.8 Å². The third kappa shape index (κ3) is 3.23. The van der Waals surface area contributed by atoms with E-state index < -0.39 is 17.6 Å². The molecular weight excluding hydrogens is 292 g/mol. The number of amides is 2. The van der Waals surface area contributed by atoms with Gasteiger partial charge in [0.1, 0.15) is 5.60 Å². The number of benzene rings is 1. The van der Waals surface area contributed by atoms with Crippen LogP contribution in [-0.4, -0.2) is 12.0 Å². The quantitative estimate of drug-likeness (QED) is 0.811. The summed E-state index contributed by atoms with van der Waals surface area (Å²) in [5.41, 5.74) is 8.19. The highest BCUT2D eigenvalue weighted by Gasteiger charge is 2.39. The van der Waals surface area contributed by atoms with Crippen LogP contribution in [-0.2, 0) is 15.1 Å². The van der Waals surface area contributed by atoms with Gasteiger partial charge in [0.15, 0.2) is 0 Å². The molecule has 0 aromatic heterocycles. The second-order valence-corrected chi connectivity index (χ2v) is 6.13. The molecule has 1 aliphatic rings. The minimum absolute atomic E-state index is 0.150. The molecule has 5 nitrogen and oxygen atoms in total. The molecule has 1 aromatic rings. The van der Waals surface area contributed by atoms with Crippen LogP contribution in [0.15, 0.2) is 24.3 Å². The molecule has 0 aliphatic carbocycles. The summed E-state index contributed by atoms with van der Waals surface area (Å²) >= 11 is 0. The lowest BCUT2D eigenvalue weighted by molar-refractivity contribution is -0.113. The zero-order valence-corrected chi connectivity index (χ0v) is 14.1. The van der Waals surface area contributed by atoms with Gasteiger partial charge in [0, 0.05) is 11.6 Å². The summed E-state index contributed by atoms with van der Waals surface area (Å²) in [6.07, 6.45) is 2.41. The van der Waals surface area contributed by atoms with Gasteiger partial charge >= 0.3 is 6.09 Å². The predicted molar refractivity (Wildman–Crippen MR) is 90.8 cm³/mol. The van der Waals surface area contributed by atoms with E-state index in [1.54, 1.807) is 0 Å². The van der Waals surface area contributed by atoms with Crippen molar-refractivity contribution >= 4 is 23.3 Å². The molecule has 0 bridgehead atoms. The van der Waals surface area contributed by atoms with E-state index in [1.165, 1.54) is 6.08 Å². The molecule has 0 spiro atoms. The zero-order chi connectivity index (χ0) is 17.2. The maximum absolute atomic E-state index is 11.8. The van der Waals surface area contributed by atoms with Crippen LogP contribution in [0.2, 0.25) is 0 Å². The fourth-order valence-corrected chi connectivity index (χ4v) is 3.09. The highest BCUT2D eigenvalue weighted by molar-refractivity contribution is 5.95. The Hall–Kier alpha value is -2.30. The molecule has 0 saturated carbocycles. The number of hydrogen-bond donors (Lipinski definition) is 2. The van der Waals surface area contributed by atoms with Crippen molar-refractivity contribution in [2.24, 2.45) is 11.7 Å². The van der Waals surface area contributed by atoms with E-state index >= 15 is 0 Å². The van der Waals surface area contributed by atoms with E-state index in [-0.39, 0.29) is 5.92 Å². The average Bonchev–Trinajstić information content (AvgIpc) is 2.51. The fourth-order valence-electron chi connectivity index (χ4n) is 3.09. The van der Waals surface area contributed by atoms with E-state index in [0.717, 1.165) is 22.4 Å². The van der Waals surface area contributed by atoms with Gasteiger partial charge in [-0.2, -0.15) is 0 Å². The summed E-state index contributed by atoms with van der Waals surface area (Å²) in [6, 6.07) is 5.76. The van der Waals surface area contributed by atoms with Crippen LogP contribution in [0.3, 0.4) is 0 Å². The molecular formula is C18H24N2O3. The summed E-state index contributed by atoms with van der Waals surface area (Å²) < 4.78 is 5.61. The molecule has 2 amide bonds. The second kappa shape index (κ2) is 6.44. The summed E-state index contributed by atoms with van der Waals surface area (Å²) in [5, 5.41) is 2.75. The number of carbonyl (C=O) groups excluding carboxylic acids is 2. The number of allylic oxidation sites excluding steroid dienone is 1. The molecule has 0 unspecified atom stereocenters. The van der Waals surface area contributed by atoms with Gasteiger partial charge in [-0.3, -0.25) is 10.1 Å². The first-order valence-electron chi connectivity index (χ1n) is 7.99. The Bertz CT molecular complexity index is 658. The van der Waals surface area contributed by atoms with Gasteiger partial charge in [0.05, 0.1) is 5.69 Å². The van der Waals surface area contributed by atoms with E-state index in [4.69, 9.17) is 10.5 Å². The third-order valence-corrected chi connectivity index (χ3v) is 4.43. The van der Waals surface area contributed by atoms with Gasteiger partial charge in [-0.05, 0) is 42.0 Å². The molecule has 124 valence electrons. The minimum Gasteiger partial charge on any atom is -0.438 e. The molecule has 5 heteroatoms. The lowest BCUT2D eigenvalue weighted by Crippen LogP contribution is -2.38. The van der Waals surface area contributed by atoms with Gasteiger partial charge in [-0.25, -0.2) is 4.79 Å². The Morgan fingerprint density at radius 2 is 2.00 bits per heavy atom. The number of hydrogen-bond acceptors (Lipinski definition) is 3. The van der Waals surface area contributed by atoms with Crippen LogP contribution in [0.25, 0.3) is 5.57 Å². The highest BCUT2D eigenvalue weighted by Crippen LogP contribution is 2.42. The monoisotopic (exact) mass is 316 g/mol. The molecule has 1 aromatic carbocycles. The number of rotatable bonds is 5. The first-order chi connectivity index (χ1) is 10.8. The number of nitrogens with two attached hydrogens (primary N) is 1. The van der Waals surface area contributed by atoms with Gasteiger partial charge in [-0.15, -0.1) is 0 Å². The third-order valence-electron chi connectivity index (χ3n) is 4.43. The molecule has 0 saturated heterocycles. The van der Waals surface area contributed by atoms with Crippen LogP contribution < -0.4 is 11.1 Å². The highest BCUT2D eigenvalue weighted by atomic mass is 16.6. The predicted octanol–water partition coefficient (Wildman–Crippen LogP) is 3.79. The molecule has 1 aliphatic heterocycles. The van der Waals surface area contributed by atoms with Crippen LogP contribution in [0.4, 0.5) is 10.5 Å². The summed E-state index contributed by atoms with van der Waals surface area (Å²) in [7, 11) is 0. The Labute approximate surface area is 136 Å². The van der Waals surface area contributed by atoms with Crippen LogP contribution in [0, 0.1) is 5.92 Å². The molecule has 1 heterocycles. The lowest BCUT2D eigenvalue weighted by Gasteiger charge is -2.37. The number of primary amides is 1. The van der Waals surface area contributed by atoms with Crippen LogP contribution in [0.5, 0.6) is 0 Å². The second-order valence-electron chi connectivity index (χ2n) is 6.13. The largest absolute Gasteiger partial charge is 0.438 e. The van der Waals surface area contributed by atoms with Crippen molar-refractivity contribution in [3.05, 3.63) is 35.4 Å². The number of cyclic esters (lactones) is 1. The molecule has 0 fully saturated rings. The first kappa shape index (κ1) is 17.1. The summed E-state index contributed by atoms with van der Waals surface area (Å²) in [5.74, 6) is -0.314. The molecule has 0 atom stereocenters. The topological polar surface area (TPSA) is 81.4 Å². The molecule has 23 heavy (non-hydrogen) atoms. The Morgan fingerprint density at radius 1 is 1.35 bits per heavy atom. The van der Waals surface area contributed by atoms with Crippen molar-refractivity contribution in [1.82, 2.24) is 0 Å². The van der Waals surface area contributed by atoms with Crippen molar-refractivity contribution in [3.63, 3.8) is 0 Å². The number of ether oxygens (including phenoxy) is 1. The average molecular weight is 316 g/mol. The molecule has 3 N–H and O–H groups in total.